The van der Waals surface area contributed by atoms with Crippen LogP contribution in [0.1, 0.15) is 16.6 Å². The molecule has 0 bridgehead atoms. The number of hydrogen-bond acceptors (Lipinski definition) is 7. The van der Waals surface area contributed by atoms with E-state index in [0.29, 0.717) is 0 Å². The molecule has 1 fully saturated rings. The van der Waals surface area contributed by atoms with Crippen molar-refractivity contribution in [2.45, 2.75) is 24.6 Å². The van der Waals surface area contributed by atoms with E-state index in [1.54, 1.807) is 0 Å². The van der Waals surface area contributed by atoms with Crippen molar-refractivity contribution < 1.29 is 24.1 Å². The summed E-state index contributed by atoms with van der Waals surface area (Å²) >= 11 is 0. The number of fused-ring (bicyclic) bond motifs is 1. The lowest BCUT2D eigenvalue weighted by Crippen LogP contribution is -2.30. The third kappa shape index (κ3) is 2.00. The van der Waals surface area contributed by atoms with E-state index < -0.39 is 37.1 Å². The van der Waals surface area contributed by atoms with E-state index in [2.05, 4.69) is 9.97 Å². The molecule has 9 nitrogen and oxygen atoms in total. The van der Waals surface area contributed by atoms with Crippen molar-refractivity contribution in [3.8, 4) is 0 Å². The van der Waals surface area contributed by atoms with Gasteiger partial charge in [0.15, 0.2) is 12.4 Å². The summed E-state index contributed by atoms with van der Waals surface area (Å²) in [5.74, 6) is -0.761. The van der Waals surface area contributed by atoms with E-state index in [0.717, 1.165) is 6.33 Å². The maximum atomic E-state index is 14.2. The maximum absolute atomic E-state index is 14.2. The van der Waals surface area contributed by atoms with E-state index in [-0.39, 0.29) is 22.4 Å². The van der Waals surface area contributed by atoms with Crippen LogP contribution in [-0.2, 0) is 4.74 Å². The Kier molecular flexibility index (Phi) is 3.43. The average molecular weight is 311 g/mol. The maximum Gasteiger partial charge on any atom is 0.251 e. The molecule has 2 aromatic heterocycles. The predicted octanol–water partition coefficient (Wildman–Crippen LogP) is -1.30. The Balaban J connectivity index is 2.16. The van der Waals surface area contributed by atoms with Crippen LogP contribution in [0.3, 0.4) is 0 Å². The fourth-order valence-electron chi connectivity index (χ4n) is 2.57. The lowest BCUT2D eigenvalue weighted by molar-refractivity contribution is -0.0457. The van der Waals surface area contributed by atoms with Crippen LogP contribution in [0.4, 0.5) is 10.2 Å². The number of halogens is 1. The van der Waals surface area contributed by atoms with Crippen LogP contribution in [0.25, 0.3) is 11.0 Å². The van der Waals surface area contributed by atoms with Gasteiger partial charge in [-0.05, 0) is 0 Å². The fraction of sp³-hybridized carbons (Fsp3) is 0.417. The number of carbonyl (C=O) groups is 1. The molecule has 6 N–H and O–H groups in total. The number of alkyl halides is 1. The van der Waals surface area contributed by atoms with Gasteiger partial charge >= 0.3 is 0 Å². The number of hydrogen-bond donors (Lipinski definition) is 4. The highest BCUT2D eigenvalue weighted by Crippen LogP contribution is 2.35. The Labute approximate surface area is 123 Å². The third-order valence-electron chi connectivity index (χ3n) is 3.65. The molecule has 10 heteroatoms. The molecule has 1 amide bonds. The number of nitrogen functional groups attached to an aromatic ring is 1. The Hall–Kier alpha value is -2.30. The van der Waals surface area contributed by atoms with Crippen molar-refractivity contribution in [3.63, 3.8) is 0 Å². The number of nitrogens with two attached hydrogens (primary N) is 2. The van der Waals surface area contributed by atoms with Crippen LogP contribution < -0.4 is 11.5 Å². The summed E-state index contributed by atoms with van der Waals surface area (Å²) in [5, 5.41) is 19.0. The fourth-order valence-corrected chi connectivity index (χ4v) is 2.57. The summed E-state index contributed by atoms with van der Waals surface area (Å²) < 4.78 is 20.8. The highest BCUT2D eigenvalue weighted by molar-refractivity contribution is 6.08. The summed E-state index contributed by atoms with van der Waals surface area (Å²) in [6, 6.07) is 0. The number of anilines is 1. The summed E-state index contributed by atoms with van der Waals surface area (Å²) in [6.07, 6.45) is -3.25. The third-order valence-corrected chi connectivity index (χ3v) is 3.65. The largest absolute Gasteiger partial charge is 0.394 e. The molecule has 0 spiro atoms. The van der Waals surface area contributed by atoms with Gasteiger partial charge < -0.3 is 31.0 Å². The van der Waals surface area contributed by atoms with E-state index in [4.69, 9.17) is 21.3 Å². The number of aliphatic hydroxyl groups is 2. The molecule has 3 rings (SSSR count). The standard InChI is InChI=1S/C12H14FN5O4/c13-7-8(20)5(2-19)22-12(7)18-1-4(10(15)21)6-9(14)16-3-17-11(6)18/h1,3,5,7-8,12,19-20H,2H2,(H2,15,21)(H2,14,16,17)/t5-,7+,8-,12+/m1/s1. The minimum absolute atomic E-state index is 0.0187. The highest BCUT2D eigenvalue weighted by atomic mass is 19.1. The summed E-state index contributed by atoms with van der Waals surface area (Å²) in [7, 11) is 0. The predicted molar refractivity (Wildman–Crippen MR) is 72.4 cm³/mol. The van der Waals surface area contributed by atoms with Gasteiger partial charge in [0.1, 0.15) is 30.0 Å². The minimum atomic E-state index is -1.82. The van der Waals surface area contributed by atoms with Crippen molar-refractivity contribution in [2.75, 3.05) is 12.3 Å². The van der Waals surface area contributed by atoms with Gasteiger partial charge in [-0.2, -0.15) is 0 Å². The molecule has 2 aromatic rings. The number of nitrogens with zero attached hydrogens (tertiary/aromatic N) is 3. The molecule has 3 heterocycles. The Morgan fingerprint density at radius 1 is 1.50 bits per heavy atom. The summed E-state index contributed by atoms with van der Waals surface area (Å²) in [5.41, 5.74) is 11.2. The molecular formula is C12H14FN5O4. The van der Waals surface area contributed by atoms with Crippen molar-refractivity contribution in [1.29, 1.82) is 0 Å². The first kappa shape index (κ1) is 14.6. The topological polar surface area (TPSA) is 150 Å². The van der Waals surface area contributed by atoms with Crippen LogP contribution in [0.5, 0.6) is 0 Å². The van der Waals surface area contributed by atoms with Crippen molar-refractivity contribution >= 4 is 22.8 Å². The van der Waals surface area contributed by atoms with Crippen molar-refractivity contribution in [3.05, 3.63) is 18.1 Å². The Morgan fingerprint density at radius 3 is 2.82 bits per heavy atom. The second-order valence-electron chi connectivity index (χ2n) is 4.95. The van der Waals surface area contributed by atoms with E-state index in [1.807, 2.05) is 0 Å². The van der Waals surface area contributed by atoms with Crippen LogP contribution in [0.15, 0.2) is 12.5 Å². The first-order valence-corrected chi connectivity index (χ1v) is 6.45. The molecule has 22 heavy (non-hydrogen) atoms. The molecule has 4 atom stereocenters. The van der Waals surface area contributed by atoms with Gasteiger partial charge in [-0.25, -0.2) is 14.4 Å². The lowest BCUT2D eigenvalue weighted by Gasteiger charge is -2.15. The number of ether oxygens (including phenoxy) is 1. The van der Waals surface area contributed by atoms with Crippen LogP contribution in [-0.4, -0.2) is 55.6 Å². The van der Waals surface area contributed by atoms with Crippen molar-refractivity contribution in [1.82, 2.24) is 14.5 Å². The zero-order valence-electron chi connectivity index (χ0n) is 11.3. The van der Waals surface area contributed by atoms with E-state index >= 15 is 0 Å². The molecule has 0 aliphatic carbocycles. The first-order chi connectivity index (χ1) is 10.5. The zero-order chi connectivity index (χ0) is 16.0. The molecular weight excluding hydrogens is 297 g/mol. The number of primary amides is 1. The molecule has 1 aliphatic heterocycles. The highest BCUT2D eigenvalue weighted by Gasteiger charge is 2.45. The SMILES string of the molecule is NC(=O)c1cn([C@H]2O[C@H](CO)[C@@H](O)[C@@H]2F)c2ncnc(N)c12. The minimum Gasteiger partial charge on any atom is -0.394 e. The number of carbonyl (C=O) groups excluding carboxylic acids is 1. The number of aromatic nitrogens is 3. The molecule has 118 valence electrons. The number of amides is 1. The number of aliphatic hydroxyl groups excluding tert-OH is 2. The quantitative estimate of drug-likeness (QED) is 0.550. The normalized spacial score (nSPS) is 28.3. The number of rotatable bonds is 3. The molecule has 1 saturated heterocycles. The zero-order valence-corrected chi connectivity index (χ0v) is 11.3. The van der Waals surface area contributed by atoms with Gasteiger partial charge in [-0.1, -0.05) is 0 Å². The molecule has 1 aliphatic rings. The van der Waals surface area contributed by atoms with Gasteiger partial charge in [0.25, 0.3) is 5.91 Å². The van der Waals surface area contributed by atoms with Gasteiger partial charge in [0, 0.05) is 6.20 Å². The van der Waals surface area contributed by atoms with Crippen LogP contribution >= 0.6 is 0 Å². The van der Waals surface area contributed by atoms with E-state index in [1.165, 1.54) is 10.8 Å². The first-order valence-electron chi connectivity index (χ1n) is 6.45. The van der Waals surface area contributed by atoms with Crippen LogP contribution in [0, 0.1) is 0 Å². The van der Waals surface area contributed by atoms with Gasteiger partial charge in [-0.15, -0.1) is 0 Å². The second kappa shape index (κ2) is 5.16. The van der Waals surface area contributed by atoms with Crippen molar-refractivity contribution in [2.24, 2.45) is 5.73 Å². The Bertz CT molecular complexity index is 736. The molecule has 0 saturated carbocycles. The average Bonchev–Trinajstić information content (AvgIpc) is 3.00. The van der Waals surface area contributed by atoms with Gasteiger partial charge in [0.2, 0.25) is 0 Å². The van der Waals surface area contributed by atoms with Gasteiger partial charge in [-0.3, -0.25) is 4.79 Å². The summed E-state index contributed by atoms with van der Waals surface area (Å²) in [4.78, 5) is 19.3. The molecule has 0 unspecified atom stereocenters. The second-order valence-corrected chi connectivity index (χ2v) is 4.95. The smallest absolute Gasteiger partial charge is 0.251 e. The summed E-state index contributed by atoms with van der Waals surface area (Å²) in [6.45, 7) is -0.545. The van der Waals surface area contributed by atoms with E-state index in [9.17, 15) is 14.3 Å². The molecule has 0 radical (unpaired) electrons. The van der Waals surface area contributed by atoms with Gasteiger partial charge in [0.05, 0.1) is 17.6 Å². The lowest BCUT2D eigenvalue weighted by atomic mass is 10.1. The Morgan fingerprint density at radius 2 is 2.23 bits per heavy atom. The monoisotopic (exact) mass is 311 g/mol. The molecule has 0 aromatic carbocycles. The van der Waals surface area contributed by atoms with Crippen LogP contribution in [0.2, 0.25) is 0 Å².